The molecule has 0 aliphatic rings. The van der Waals surface area contributed by atoms with Crippen molar-refractivity contribution in [3.63, 3.8) is 0 Å². The number of rotatable bonds is 6. The Labute approximate surface area is 134 Å². The number of benzene rings is 2. The predicted octanol–water partition coefficient (Wildman–Crippen LogP) is 2.40. The Morgan fingerprint density at radius 2 is 1.70 bits per heavy atom. The second kappa shape index (κ2) is 7.12. The van der Waals surface area contributed by atoms with Crippen LogP contribution < -0.4 is 14.9 Å². The van der Waals surface area contributed by atoms with Crippen LogP contribution in [-0.2, 0) is 10.1 Å². The second-order valence-corrected chi connectivity index (χ2v) is 5.91. The van der Waals surface area contributed by atoms with Crippen molar-refractivity contribution in [3.05, 3.63) is 48.0 Å². The smallest absolute Gasteiger partial charge is 0.294 e. The number of ether oxygens (including phenoxy) is 2. The molecule has 0 bridgehead atoms. The lowest BCUT2D eigenvalue weighted by Crippen LogP contribution is -1.98. The fourth-order valence-electron chi connectivity index (χ4n) is 1.82. The van der Waals surface area contributed by atoms with E-state index in [-0.39, 0.29) is 4.90 Å². The molecule has 2 N–H and O–H groups in total. The zero-order valence-corrected chi connectivity index (χ0v) is 13.4. The molecule has 0 unspecified atom stereocenters. The largest absolute Gasteiger partial charge is 0.493 e. The predicted molar refractivity (Wildman–Crippen MR) is 87.0 cm³/mol. The Hall–Kier alpha value is -2.58. The number of nitrogens with one attached hydrogen (secondary N) is 1. The number of hydrazone groups is 1. The third kappa shape index (κ3) is 4.44. The van der Waals surface area contributed by atoms with Crippen LogP contribution >= 0.6 is 0 Å². The number of hydrogen-bond acceptors (Lipinski definition) is 6. The van der Waals surface area contributed by atoms with Crippen LogP contribution in [0.3, 0.4) is 0 Å². The Kier molecular flexibility index (Phi) is 5.20. The van der Waals surface area contributed by atoms with E-state index in [2.05, 4.69) is 10.5 Å². The van der Waals surface area contributed by atoms with Gasteiger partial charge in [0.2, 0.25) is 0 Å². The SMILES string of the molecule is COc1ccc(C=NNc2ccc(S(=O)(=O)O)cc2)cc1OC. The summed E-state index contributed by atoms with van der Waals surface area (Å²) in [5, 5.41) is 4.05. The summed E-state index contributed by atoms with van der Waals surface area (Å²) in [6.07, 6.45) is 1.58. The van der Waals surface area contributed by atoms with E-state index in [4.69, 9.17) is 14.0 Å². The molecule has 0 saturated carbocycles. The number of anilines is 1. The molecule has 0 aromatic heterocycles. The molecule has 0 aliphatic heterocycles. The highest BCUT2D eigenvalue weighted by molar-refractivity contribution is 7.85. The van der Waals surface area contributed by atoms with Gasteiger partial charge in [0.15, 0.2) is 11.5 Å². The van der Waals surface area contributed by atoms with E-state index in [0.29, 0.717) is 17.2 Å². The van der Waals surface area contributed by atoms with Crippen molar-refractivity contribution in [2.24, 2.45) is 5.10 Å². The molecule has 0 aliphatic carbocycles. The van der Waals surface area contributed by atoms with Gasteiger partial charge in [0.05, 0.1) is 31.0 Å². The van der Waals surface area contributed by atoms with Crippen LogP contribution in [-0.4, -0.2) is 33.4 Å². The monoisotopic (exact) mass is 336 g/mol. The third-order valence-corrected chi connectivity index (χ3v) is 3.83. The average molecular weight is 336 g/mol. The van der Waals surface area contributed by atoms with Gasteiger partial charge in [-0.05, 0) is 48.0 Å². The van der Waals surface area contributed by atoms with Gasteiger partial charge in [-0.15, -0.1) is 0 Å². The first-order chi connectivity index (χ1) is 10.9. The van der Waals surface area contributed by atoms with Crippen LogP contribution in [0.2, 0.25) is 0 Å². The standard InChI is InChI=1S/C15H16N2O5S/c1-21-14-8-3-11(9-15(14)22-2)10-16-17-12-4-6-13(7-5-12)23(18,19)20/h3-10,17H,1-2H3,(H,18,19,20). The molecule has 0 radical (unpaired) electrons. The summed E-state index contributed by atoms with van der Waals surface area (Å²) in [5.74, 6) is 1.22. The molecular formula is C15H16N2O5S. The first kappa shape index (κ1) is 16.8. The molecule has 2 rings (SSSR count). The summed E-state index contributed by atoms with van der Waals surface area (Å²) in [6.45, 7) is 0. The molecule has 0 saturated heterocycles. The highest BCUT2D eigenvalue weighted by Gasteiger charge is 2.08. The highest BCUT2D eigenvalue weighted by Crippen LogP contribution is 2.26. The van der Waals surface area contributed by atoms with E-state index in [1.54, 1.807) is 32.6 Å². The van der Waals surface area contributed by atoms with Gasteiger partial charge in [-0.3, -0.25) is 9.98 Å². The van der Waals surface area contributed by atoms with Crippen molar-refractivity contribution >= 4 is 22.0 Å². The molecule has 0 heterocycles. The van der Waals surface area contributed by atoms with Crippen molar-refractivity contribution in [2.45, 2.75) is 4.90 Å². The third-order valence-electron chi connectivity index (χ3n) is 2.97. The van der Waals surface area contributed by atoms with Crippen LogP contribution in [0.4, 0.5) is 5.69 Å². The van der Waals surface area contributed by atoms with Gasteiger partial charge in [-0.2, -0.15) is 13.5 Å². The molecule has 0 atom stereocenters. The van der Waals surface area contributed by atoms with E-state index >= 15 is 0 Å². The molecule has 0 fully saturated rings. The Morgan fingerprint density at radius 3 is 2.26 bits per heavy atom. The molecule has 23 heavy (non-hydrogen) atoms. The maximum absolute atomic E-state index is 10.9. The van der Waals surface area contributed by atoms with E-state index in [1.165, 1.54) is 24.3 Å². The lowest BCUT2D eigenvalue weighted by Gasteiger charge is -2.07. The zero-order valence-electron chi connectivity index (χ0n) is 12.6. The van der Waals surface area contributed by atoms with Crippen molar-refractivity contribution in [1.29, 1.82) is 0 Å². The second-order valence-electron chi connectivity index (χ2n) is 4.48. The summed E-state index contributed by atoms with van der Waals surface area (Å²) in [5.41, 5.74) is 4.13. The van der Waals surface area contributed by atoms with E-state index < -0.39 is 10.1 Å². The van der Waals surface area contributed by atoms with Crippen LogP contribution in [0.15, 0.2) is 52.5 Å². The fraction of sp³-hybridized carbons (Fsp3) is 0.133. The van der Waals surface area contributed by atoms with Gasteiger partial charge >= 0.3 is 0 Å². The minimum atomic E-state index is -4.19. The van der Waals surface area contributed by atoms with Gasteiger partial charge in [0.1, 0.15) is 0 Å². The summed E-state index contributed by atoms with van der Waals surface area (Å²) in [6, 6.07) is 10.9. The summed E-state index contributed by atoms with van der Waals surface area (Å²) >= 11 is 0. The lowest BCUT2D eigenvalue weighted by molar-refractivity contribution is 0.355. The normalized spacial score (nSPS) is 11.4. The van der Waals surface area contributed by atoms with Gasteiger partial charge in [0, 0.05) is 0 Å². The molecule has 2 aromatic rings. The Bertz CT molecular complexity index is 801. The molecule has 7 nitrogen and oxygen atoms in total. The van der Waals surface area contributed by atoms with Gasteiger partial charge in [-0.1, -0.05) is 0 Å². The van der Waals surface area contributed by atoms with Crippen molar-refractivity contribution in [2.75, 3.05) is 19.6 Å². The van der Waals surface area contributed by atoms with Gasteiger partial charge in [-0.25, -0.2) is 0 Å². The first-order valence-electron chi connectivity index (χ1n) is 6.52. The quantitative estimate of drug-likeness (QED) is 0.477. The number of hydrogen-bond donors (Lipinski definition) is 2. The number of methoxy groups -OCH3 is 2. The summed E-state index contributed by atoms with van der Waals surface area (Å²) < 4.78 is 41.1. The maximum Gasteiger partial charge on any atom is 0.294 e. The van der Waals surface area contributed by atoms with Gasteiger partial charge in [0.25, 0.3) is 10.1 Å². The van der Waals surface area contributed by atoms with Crippen LogP contribution in [0.1, 0.15) is 5.56 Å². The molecule has 0 spiro atoms. The van der Waals surface area contributed by atoms with Crippen LogP contribution in [0.25, 0.3) is 0 Å². The topological polar surface area (TPSA) is 97.2 Å². The first-order valence-corrected chi connectivity index (χ1v) is 7.96. The molecule has 2 aromatic carbocycles. The molecular weight excluding hydrogens is 320 g/mol. The van der Waals surface area contributed by atoms with Crippen molar-refractivity contribution in [1.82, 2.24) is 0 Å². The minimum Gasteiger partial charge on any atom is -0.493 e. The number of nitrogens with zero attached hydrogens (tertiary/aromatic N) is 1. The summed E-state index contributed by atoms with van der Waals surface area (Å²) in [7, 11) is -1.08. The van der Waals surface area contributed by atoms with E-state index in [0.717, 1.165) is 5.56 Å². The molecule has 8 heteroatoms. The molecule has 122 valence electrons. The van der Waals surface area contributed by atoms with Gasteiger partial charge < -0.3 is 9.47 Å². The molecule has 0 amide bonds. The maximum atomic E-state index is 10.9. The van der Waals surface area contributed by atoms with Crippen LogP contribution in [0, 0.1) is 0 Å². The van der Waals surface area contributed by atoms with Crippen molar-refractivity contribution < 1.29 is 22.4 Å². The average Bonchev–Trinajstić information content (AvgIpc) is 2.54. The van der Waals surface area contributed by atoms with E-state index in [9.17, 15) is 8.42 Å². The highest BCUT2D eigenvalue weighted by atomic mass is 32.2. The summed E-state index contributed by atoms with van der Waals surface area (Å²) in [4.78, 5) is -0.174. The Balaban J connectivity index is 2.07. The van der Waals surface area contributed by atoms with Crippen molar-refractivity contribution in [3.8, 4) is 11.5 Å². The van der Waals surface area contributed by atoms with E-state index in [1.807, 2.05) is 6.07 Å². The fourth-order valence-corrected chi connectivity index (χ4v) is 2.30. The Morgan fingerprint density at radius 1 is 1.04 bits per heavy atom. The van der Waals surface area contributed by atoms with Crippen LogP contribution in [0.5, 0.6) is 11.5 Å². The minimum absolute atomic E-state index is 0.174. The lowest BCUT2D eigenvalue weighted by atomic mass is 10.2. The zero-order chi connectivity index (χ0) is 16.9.